The Morgan fingerprint density at radius 1 is 0.765 bits per heavy atom. The molecule has 0 radical (unpaired) electrons. The van der Waals surface area contributed by atoms with E-state index in [1.807, 2.05) is 12.1 Å². The Morgan fingerprint density at radius 2 is 1.32 bits per heavy atom. The Morgan fingerprint density at radius 3 is 1.79 bits per heavy atom. The fourth-order valence-electron chi connectivity index (χ4n) is 3.72. The molecule has 0 bridgehead atoms. The first-order chi connectivity index (χ1) is 16.5. The molecule has 3 rings (SSSR count). The van der Waals surface area contributed by atoms with Crippen LogP contribution in [-0.4, -0.2) is 46.5 Å². The fourth-order valence-corrected chi connectivity index (χ4v) is 3.72. The van der Waals surface area contributed by atoms with E-state index in [0.717, 1.165) is 5.69 Å². The summed E-state index contributed by atoms with van der Waals surface area (Å²) in [6, 6.07) is 12.5. The SMILES string of the molecule is CCOC(=O)C1=CN(c2ccc(OC)cc2)C=C(C(=O)OCC)C1c1ccc(OC)c(OC)c1. The van der Waals surface area contributed by atoms with E-state index in [1.54, 1.807) is 75.7 Å². The number of carbonyl (C=O) groups is 2. The van der Waals surface area contributed by atoms with Gasteiger partial charge in [0.1, 0.15) is 5.75 Å². The summed E-state index contributed by atoms with van der Waals surface area (Å²) in [6.45, 7) is 3.84. The number of carbonyl (C=O) groups excluding carboxylic acids is 2. The lowest BCUT2D eigenvalue weighted by Crippen LogP contribution is -2.29. The highest BCUT2D eigenvalue weighted by Gasteiger charge is 2.36. The summed E-state index contributed by atoms with van der Waals surface area (Å²) >= 11 is 0. The van der Waals surface area contributed by atoms with E-state index in [4.69, 9.17) is 23.7 Å². The second-order valence-electron chi connectivity index (χ2n) is 7.26. The monoisotopic (exact) mass is 467 g/mol. The molecule has 2 aromatic carbocycles. The lowest BCUT2D eigenvalue weighted by molar-refractivity contribution is -0.139. The third-order valence-corrected chi connectivity index (χ3v) is 5.31. The van der Waals surface area contributed by atoms with E-state index in [2.05, 4.69) is 0 Å². The van der Waals surface area contributed by atoms with Gasteiger partial charge in [-0.2, -0.15) is 0 Å². The van der Waals surface area contributed by atoms with Crippen LogP contribution in [0.1, 0.15) is 25.3 Å². The Labute approximate surface area is 199 Å². The molecule has 0 aliphatic carbocycles. The minimum absolute atomic E-state index is 0.190. The van der Waals surface area contributed by atoms with Crippen molar-refractivity contribution >= 4 is 17.6 Å². The van der Waals surface area contributed by atoms with E-state index in [-0.39, 0.29) is 24.4 Å². The maximum absolute atomic E-state index is 13.1. The number of esters is 2. The van der Waals surface area contributed by atoms with Gasteiger partial charge in [-0.25, -0.2) is 9.59 Å². The van der Waals surface area contributed by atoms with Crippen LogP contribution >= 0.6 is 0 Å². The summed E-state index contributed by atoms with van der Waals surface area (Å²) in [4.78, 5) is 27.9. The highest BCUT2D eigenvalue weighted by Crippen LogP contribution is 2.41. The smallest absolute Gasteiger partial charge is 0.336 e. The molecule has 0 spiro atoms. The summed E-state index contributed by atoms with van der Waals surface area (Å²) in [6.07, 6.45) is 3.34. The maximum atomic E-state index is 13.1. The van der Waals surface area contributed by atoms with Crippen molar-refractivity contribution in [3.63, 3.8) is 0 Å². The molecule has 2 aromatic rings. The van der Waals surface area contributed by atoms with Crippen LogP contribution in [0, 0.1) is 0 Å². The molecular formula is C26H29NO7. The van der Waals surface area contributed by atoms with Gasteiger partial charge < -0.3 is 28.6 Å². The van der Waals surface area contributed by atoms with Crippen molar-refractivity contribution in [2.75, 3.05) is 39.4 Å². The van der Waals surface area contributed by atoms with Gasteiger partial charge >= 0.3 is 11.9 Å². The van der Waals surface area contributed by atoms with Crippen LogP contribution in [0.3, 0.4) is 0 Å². The molecule has 8 heteroatoms. The predicted molar refractivity (Wildman–Crippen MR) is 127 cm³/mol. The third-order valence-electron chi connectivity index (χ3n) is 5.31. The van der Waals surface area contributed by atoms with Gasteiger partial charge in [0.15, 0.2) is 11.5 Å². The summed E-state index contributed by atoms with van der Waals surface area (Å²) in [5.41, 5.74) is 1.96. The molecule has 0 amide bonds. The number of benzene rings is 2. The average molecular weight is 468 g/mol. The minimum Gasteiger partial charge on any atom is -0.497 e. The normalized spacial score (nSPS) is 13.5. The average Bonchev–Trinajstić information content (AvgIpc) is 2.87. The van der Waals surface area contributed by atoms with Crippen LogP contribution < -0.4 is 19.1 Å². The third kappa shape index (κ3) is 5.17. The molecule has 1 heterocycles. The second-order valence-corrected chi connectivity index (χ2v) is 7.26. The number of hydrogen-bond acceptors (Lipinski definition) is 8. The molecule has 34 heavy (non-hydrogen) atoms. The molecular weight excluding hydrogens is 438 g/mol. The van der Waals surface area contributed by atoms with Crippen molar-refractivity contribution in [1.82, 2.24) is 0 Å². The Balaban J connectivity index is 2.18. The van der Waals surface area contributed by atoms with E-state index in [1.165, 1.54) is 7.11 Å². The number of ether oxygens (including phenoxy) is 5. The maximum Gasteiger partial charge on any atom is 0.336 e. The highest BCUT2D eigenvalue weighted by atomic mass is 16.5. The van der Waals surface area contributed by atoms with Crippen LogP contribution in [0.5, 0.6) is 17.2 Å². The minimum atomic E-state index is -0.729. The Hall–Kier alpha value is -3.94. The summed E-state index contributed by atoms with van der Waals surface area (Å²) in [5, 5.41) is 0. The second kappa shape index (κ2) is 11.3. The van der Waals surface area contributed by atoms with Gasteiger partial charge in [-0.05, 0) is 55.8 Å². The first-order valence-electron chi connectivity index (χ1n) is 10.9. The molecule has 0 saturated heterocycles. The molecule has 0 unspecified atom stereocenters. The topological polar surface area (TPSA) is 83.5 Å². The van der Waals surface area contributed by atoms with E-state index < -0.39 is 17.9 Å². The zero-order valence-corrected chi connectivity index (χ0v) is 20.0. The highest BCUT2D eigenvalue weighted by molar-refractivity contribution is 6.00. The van der Waals surface area contributed by atoms with Crippen molar-refractivity contribution in [2.45, 2.75) is 19.8 Å². The molecule has 0 aromatic heterocycles. The van der Waals surface area contributed by atoms with Crippen LogP contribution in [-0.2, 0) is 19.1 Å². The molecule has 180 valence electrons. The lowest BCUT2D eigenvalue weighted by atomic mass is 9.83. The number of nitrogens with zero attached hydrogens (tertiary/aromatic N) is 1. The Kier molecular flexibility index (Phi) is 8.19. The van der Waals surface area contributed by atoms with Gasteiger partial charge in [0.05, 0.1) is 51.6 Å². The van der Waals surface area contributed by atoms with Crippen molar-refractivity contribution in [2.24, 2.45) is 0 Å². The van der Waals surface area contributed by atoms with Gasteiger partial charge in [0.2, 0.25) is 0 Å². The molecule has 8 nitrogen and oxygen atoms in total. The number of hydrogen-bond donors (Lipinski definition) is 0. The first kappa shape index (κ1) is 24.7. The van der Waals surface area contributed by atoms with Gasteiger partial charge in [-0.1, -0.05) is 6.07 Å². The van der Waals surface area contributed by atoms with Gasteiger partial charge in [0.25, 0.3) is 0 Å². The van der Waals surface area contributed by atoms with Gasteiger partial charge in [-0.15, -0.1) is 0 Å². The zero-order chi connectivity index (χ0) is 24.7. The van der Waals surface area contributed by atoms with E-state index >= 15 is 0 Å². The van der Waals surface area contributed by atoms with Crippen molar-refractivity contribution in [3.8, 4) is 17.2 Å². The number of rotatable bonds is 9. The summed E-state index contributed by atoms with van der Waals surface area (Å²) < 4.78 is 26.7. The van der Waals surface area contributed by atoms with Crippen molar-refractivity contribution < 1.29 is 33.3 Å². The summed E-state index contributed by atoms with van der Waals surface area (Å²) in [7, 11) is 4.65. The molecule has 0 N–H and O–H groups in total. The van der Waals surface area contributed by atoms with Crippen LogP contribution in [0.4, 0.5) is 5.69 Å². The lowest BCUT2D eigenvalue weighted by Gasteiger charge is -2.30. The number of methoxy groups -OCH3 is 3. The predicted octanol–water partition coefficient (Wildman–Crippen LogP) is 4.21. The Bertz CT molecular complexity index is 1050. The quantitative estimate of drug-likeness (QED) is 0.507. The largest absolute Gasteiger partial charge is 0.497 e. The molecule has 0 saturated carbocycles. The standard InChI is InChI=1S/C26H29NO7/c1-6-33-25(28)20-15-27(18-9-11-19(30-3)12-10-18)16-21(26(29)34-7-2)24(20)17-8-13-22(31-4)23(14-17)32-5/h8-16,24H,6-7H2,1-5H3. The van der Waals surface area contributed by atoms with Gasteiger partial charge in [-0.3, -0.25) is 0 Å². The van der Waals surface area contributed by atoms with Gasteiger partial charge in [0, 0.05) is 18.1 Å². The van der Waals surface area contributed by atoms with Crippen LogP contribution in [0.2, 0.25) is 0 Å². The van der Waals surface area contributed by atoms with E-state index in [0.29, 0.717) is 22.8 Å². The molecule has 1 aliphatic rings. The first-order valence-corrected chi connectivity index (χ1v) is 10.9. The van der Waals surface area contributed by atoms with Crippen molar-refractivity contribution in [1.29, 1.82) is 0 Å². The van der Waals surface area contributed by atoms with Crippen molar-refractivity contribution in [3.05, 3.63) is 71.6 Å². The molecule has 0 fully saturated rings. The zero-order valence-electron chi connectivity index (χ0n) is 20.0. The van der Waals surface area contributed by atoms with E-state index in [9.17, 15) is 9.59 Å². The number of anilines is 1. The summed E-state index contributed by atoms with van der Waals surface area (Å²) in [5.74, 6) is -0.0961. The fraction of sp³-hybridized carbons (Fsp3) is 0.308. The molecule has 1 aliphatic heterocycles. The van der Waals surface area contributed by atoms with Crippen LogP contribution in [0.15, 0.2) is 66.0 Å². The van der Waals surface area contributed by atoms with Crippen LogP contribution in [0.25, 0.3) is 0 Å². The molecule has 0 atom stereocenters.